The normalized spacial score (nSPS) is 16.5. The number of hydrogen-bond donors (Lipinski definition) is 0. The summed E-state index contributed by atoms with van der Waals surface area (Å²) in [7, 11) is 0. The van der Waals surface area contributed by atoms with Crippen LogP contribution in [0.15, 0.2) is 24.3 Å². The third-order valence-electron chi connectivity index (χ3n) is 5.21. The van der Waals surface area contributed by atoms with E-state index < -0.39 is 29.5 Å². The molecule has 0 bridgehead atoms. The van der Waals surface area contributed by atoms with Crippen molar-refractivity contribution >= 4 is 22.8 Å². The summed E-state index contributed by atoms with van der Waals surface area (Å²) in [6, 6.07) is 5.64. The summed E-state index contributed by atoms with van der Waals surface area (Å²) in [5, 5.41) is 1.33. The maximum atomic E-state index is 14.2. The Kier molecular flexibility index (Phi) is 6.26. The highest BCUT2D eigenvalue weighted by molar-refractivity contribution is 5.93. The number of halogens is 1. The van der Waals surface area contributed by atoms with Gasteiger partial charge in [-0.1, -0.05) is 25.8 Å². The lowest BCUT2D eigenvalue weighted by molar-refractivity contribution is -0.159. The summed E-state index contributed by atoms with van der Waals surface area (Å²) >= 11 is 0. The number of benzene rings is 2. The van der Waals surface area contributed by atoms with Gasteiger partial charge in [0.15, 0.2) is 0 Å². The molecule has 1 aliphatic rings. The summed E-state index contributed by atoms with van der Waals surface area (Å²) in [5.41, 5.74) is 0.352. The van der Waals surface area contributed by atoms with E-state index in [2.05, 4.69) is 5.92 Å². The predicted molar refractivity (Wildman–Crippen MR) is 118 cm³/mol. The van der Waals surface area contributed by atoms with Gasteiger partial charge in [0.25, 0.3) is 0 Å². The van der Waals surface area contributed by atoms with Crippen molar-refractivity contribution in [2.24, 2.45) is 0 Å². The van der Waals surface area contributed by atoms with Crippen LogP contribution in [-0.4, -0.2) is 35.2 Å². The molecule has 6 heteroatoms. The quantitative estimate of drug-likeness (QED) is 0.489. The van der Waals surface area contributed by atoms with Crippen LogP contribution in [0.4, 0.5) is 9.18 Å². The van der Waals surface area contributed by atoms with Gasteiger partial charge in [-0.25, -0.2) is 14.0 Å². The van der Waals surface area contributed by atoms with Crippen molar-refractivity contribution in [2.45, 2.75) is 65.0 Å². The summed E-state index contributed by atoms with van der Waals surface area (Å²) in [4.78, 5) is 26.8. The molecule has 2 aromatic rings. The van der Waals surface area contributed by atoms with Crippen LogP contribution in [0.2, 0.25) is 0 Å². The molecule has 1 heterocycles. The number of fused-ring (bicyclic) bond motifs is 1. The molecule has 1 atom stereocenters. The summed E-state index contributed by atoms with van der Waals surface area (Å²) < 4.78 is 25.3. The van der Waals surface area contributed by atoms with Crippen molar-refractivity contribution in [3.05, 3.63) is 41.2 Å². The van der Waals surface area contributed by atoms with E-state index in [0.717, 1.165) is 5.56 Å². The van der Waals surface area contributed by atoms with E-state index in [0.29, 0.717) is 35.9 Å². The Morgan fingerprint density at radius 2 is 1.97 bits per heavy atom. The zero-order valence-electron chi connectivity index (χ0n) is 18.6. The molecule has 164 valence electrons. The maximum Gasteiger partial charge on any atom is 0.415 e. The smallest absolute Gasteiger partial charge is 0.415 e. The number of carbonyl (C=O) groups excluding carboxylic acids is 2. The van der Waals surface area contributed by atoms with Gasteiger partial charge < -0.3 is 9.47 Å². The standard InChI is InChI=1S/C25H28FNO4/c1-7-18-20(26)11-10-16-13-17(14-19(15(2)3)22(16)18)30-24(29)27-12-8-9-21(27)23(28)31-25(4,5)6/h1,10-11,13-15,21H,8-9,12H2,2-6H3/t21-/m0/s1. The molecule has 1 fully saturated rings. The number of ether oxygens (including phenoxy) is 2. The molecule has 0 aliphatic carbocycles. The van der Waals surface area contributed by atoms with E-state index in [1.807, 2.05) is 13.8 Å². The second kappa shape index (κ2) is 8.58. The van der Waals surface area contributed by atoms with Gasteiger partial charge in [0, 0.05) is 11.9 Å². The molecular weight excluding hydrogens is 397 g/mol. The van der Waals surface area contributed by atoms with Gasteiger partial charge in [0.1, 0.15) is 23.2 Å². The number of rotatable bonds is 3. The number of esters is 1. The Hall–Kier alpha value is -3.07. The van der Waals surface area contributed by atoms with Gasteiger partial charge in [-0.2, -0.15) is 0 Å². The molecule has 2 aromatic carbocycles. The Morgan fingerprint density at radius 3 is 2.58 bits per heavy atom. The zero-order chi connectivity index (χ0) is 22.9. The van der Waals surface area contributed by atoms with Crippen LogP contribution in [0.5, 0.6) is 5.75 Å². The highest BCUT2D eigenvalue weighted by atomic mass is 19.1. The van der Waals surface area contributed by atoms with E-state index in [9.17, 15) is 14.0 Å². The van der Waals surface area contributed by atoms with Crippen LogP contribution in [0, 0.1) is 18.2 Å². The molecule has 0 spiro atoms. The monoisotopic (exact) mass is 425 g/mol. The molecule has 0 N–H and O–H groups in total. The van der Waals surface area contributed by atoms with E-state index in [-0.39, 0.29) is 11.5 Å². The molecule has 0 unspecified atom stereocenters. The third kappa shape index (κ3) is 4.82. The van der Waals surface area contributed by atoms with Crippen LogP contribution in [0.3, 0.4) is 0 Å². The second-order valence-corrected chi connectivity index (χ2v) is 9.08. The van der Waals surface area contributed by atoms with E-state index in [1.165, 1.54) is 11.0 Å². The fourth-order valence-corrected chi connectivity index (χ4v) is 3.86. The SMILES string of the molecule is C#Cc1c(F)ccc2cc(OC(=O)N3CCC[C@H]3C(=O)OC(C)(C)C)cc(C(C)C)c12. The van der Waals surface area contributed by atoms with Crippen molar-refractivity contribution in [1.29, 1.82) is 0 Å². The van der Waals surface area contributed by atoms with Gasteiger partial charge >= 0.3 is 12.1 Å². The Bertz CT molecular complexity index is 1060. The molecule has 31 heavy (non-hydrogen) atoms. The Balaban J connectivity index is 1.91. The first-order chi connectivity index (χ1) is 14.5. The molecule has 1 aliphatic heterocycles. The fraction of sp³-hybridized carbons (Fsp3) is 0.440. The van der Waals surface area contributed by atoms with Crippen molar-refractivity contribution in [1.82, 2.24) is 4.90 Å². The Morgan fingerprint density at radius 1 is 1.26 bits per heavy atom. The molecule has 5 nitrogen and oxygen atoms in total. The van der Waals surface area contributed by atoms with Gasteiger partial charge in [-0.15, -0.1) is 6.42 Å². The molecule has 1 amide bonds. The number of hydrogen-bond acceptors (Lipinski definition) is 4. The minimum absolute atomic E-state index is 0.0244. The van der Waals surface area contributed by atoms with Crippen LogP contribution >= 0.6 is 0 Å². The van der Waals surface area contributed by atoms with E-state index in [1.54, 1.807) is 39.0 Å². The first kappa shape index (κ1) is 22.6. The molecule has 1 saturated heterocycles. The van der Waals surface area contributed by atoms with Crippen LogP contribution in [0.25, 0.3) is 10.8 Å². The number of carbonyl (C=O) groups is 2. The van der Waals surface area contributed by atoms with Crippen molar-refractivity contribution in [3.63, 3.8) is 0 Å². The summed E-state index contributed by atoms with van der Waals surface area (Å²) in [6.45, 7) is 9.71. The molecule has 0 aromatic heterocycles. The lowest BCUT2D eigenvalue weighted by atomic mass is 9.92. The second-order valence-electron chi connectivity index (χ2n) is 9.08. The van der Waals surface area contributed by atoms with Crippen LogP contribution in [0.1, 0.15) is 64.5 Å². The fourth-order valence-electron chi connectivity index (χ4n) is 3.86. The average molecular weight is 426 g/mol. The van der Waals surface area contributed by atoms with Crippen molar-refractivity contribution in [3.8, 4) is 18.1 Å². The summed E-state index contributed by atoms with van der Waals surface area (Å²) in [6.07, 6.45) is 6.16. The highest BCUT2D eigenvalue weighted by Gasteiger charge is 2.38. The average Bonchev–Trinajstić information content (AvgIpc) is 3.16. The van der Waals surface area contributed by atoms with E-state index >= 15 is 0 Å². The van der Waals surface area contributed by atoms with Crippen molar-refractivity contribution < 1.29 is 23.5 Å². The number of amides is 1. The maximum absolute atomic E-state index is 14.2. The molecule has 0 saturated carbocycles. The lowest BCUT2D eigenvalue weighted by Gasteiger charge is -2.27. The van der Waals surface area contributed by atoms with Crippen molar-refractivity contribution in [2.75, 3.05) is 6.54 Å². The topological polar surface area (TPSA) is 55.8 Å². The van der Waals surface area contributed by atoms with Crippen LogP contribution in [-0.2, 0) is 9.53 Å². The zero-order valence-corrected chi connectivity index (χ0v) is 18.6. The Labute approximate surface area is 182 Å². The first-order valence-corrected chi connectivity index (χ1v) is 10.5. The van der Waals surface area contributed by atoms with Gasteiger partial charge in [-0.3, -0.25) is 4.90 Å². The minimum atomic E-state index is -0.668. The molecular formula is C25H28FNO4. The van der Waals surface area contributed by atoms with Gasteiger partial charge in [0.2, 0.25) is 0 Å². The largest absolute Gasteiger partial charge is 0.458 e. The minimum Gasteiger partial charge on any atom is -0.458 e. The number of nitrogens with zero attached hydrogens (tertiary/aromatic N) is 1. The number of likely N-dealkylation sites (tertiary alicyclic amines) is 1. The summed E-state index contributed by atoms with van der Waals surface area (Å²) in [5.74, 6) is 1.89. The van der Waals surface area contributed by atoms with Gasteiger partial charge in [-0.05, 0) is 68.7 Å². The highest BCUT2D eigenvalue weighted by Crippen LogP contribution is 2.34. The van der Waals surface area contributed by atoms with Gasteiger partial charge in [0.05, 0.1) is 5.56 Å². The third-order valence-corrected chi connectivity index (χ3v) is 5.21. The van der Waals surface area contributed by atoms with Crippen LogP contribution < -0.4 is 4.74 Å². The number of terminal acetylenes is 1. The molecule has 0 radical (unpaired) electrons. The van der Waals surface area contributed by atoms with E-state index in [4.69, 9.17) is 15.9 Å². The molecule has 3 rings (SSSR count). The predicted octanol–water partition coefficient (Wildman–Crippen LogP) is 5.39. The lowest BCUT2D eigenvalue weighted by Crippen LogP contribution is -2.44. The first-order valence-electron chi connectivity index (χ1n) is 10.5.